The monoisotopic (exact) mass is 255 g/mol. The molecule has 0 fully saturated rings. The molecule has 0 aliphatic carbocycles. The summed E-state index contributed by atoms with van der Waals surface area (Å²) in [7, 11) is 0. The van der Waals surface area contributed by atoms with E-state index in [1.807, 2.05) is 13.8 Å². The van der Waals surface area contributed by atoms with Crippen molar-refractivity contribution in [3.05, 3.63) is 16.1 Å². The van der Waals surface area contributed by atoms with E-state index in [1.54, 1.807) is 6.92 Å². The Kier molecular flexibility index (Phi) is 5.41. The third-order valence-corrected chi connectivity index (χ3v) is 3.07. The maximum Gasteiger partial charge on any atom is 0.422 e. The van der Waals surface area contributed by atoms with E-state index in [4.69, 9.17) is 0 Å². The van der Waals surface area contributed by atoms with Crippen molar-refractivity contribution >= 4 is 11.3 Å². The number of halogens is 3. The fourth-order valence-corrected chi connectivity index (χ4v) is 2.02. The molecule has 0 aromatic carbocycles. The first-order valence-corrected chi connectivity index (χ1v) is 5.85. The highest BCUT2D eigenvalue weighted by molar-refractivity contribution is 7.11. The van der Waals surface area contributed by atoms with Gasteiger partial charge in [-0.2, -0.15) is 13.2 Å². The summed E-state index contributed by atoms with van der Waals surface area (Å²) in [5.74, 6) is 0. The van der Waals surface area contributed by atoms with Crippen molar-refractivity contribution in [2.24, 2.45) is 0 Å². The number of nitrogens with zero attached hydrogens (tertiary/aromatic N) is 1. The van der Waals surface area contributed by atoms with E-state index in [0.29, 0.717) is 5.01 Å². The summed E-state index contributed by atoms with van der Waals surface area (Å²) < 4.78 is 37.6. The van der Waals surface area contributed by atoms with Crippen LogP contribution in [-0.4, -0.2) is 16.3 Å². The molecule has 0 saturated carbocycles. The maximum absolute atomic E-state index is 12.5. The van der Waals surface area contributed by atoms with Crippen LogP contribution < -0.4 is 0 Å². The van der Waals surface area contributed by atoms with E-state index in [0.717, 1.165) is 17.5 Å². The van der Waals surface area contributed by atoms with Gasteiger partial charge in [0, 0.05) is 6.20 Å². The molecule has 0 bridgehead atoms. The van der Waals surface area contributed by atoms with Crippen LogP contribution in [0.15, 0.2) is 6.20 Å². The van der Waals surface area contributed by atoms with Crippen molar-refractivity contribution in [3.63, 3.8) is 0 Å². The molecule has 0 spiro atoms. The largest absolute Gasteiger partial charge is 0.422 e. The minimum Gasteiger partial charge on any atom is -0.376 e. The van der Waals surface area contributed by atoms with Crippen LogP contribution in [0.3, 0.4) is 0 Å². The van der Waals surface area contributed by atoms with Crippen molar-refractivity contribution in [1.29, 1.82) is 0 Å². The molecule has 2 nitrogen and oxygen atoms in total. The van der Waals surface area contributed by atoms with Gasteiger partial charge in [-0.3, -0.25) is 0 Å². The molecule has 0 amide bonds. The number of rotatable bonds is 2. The van der Waals surface area contributed by atoms with Gasteiger partial charge in [0.15, 0.2) is 5.60 Å². The minimum atomic E-state index is -4.65. The second-order valence-corrected chi connectivity index (χ2v) is 4.19. The van der Waals surface area contributed by atoms with Gasteiger partial charge in [0.25, 0.3) is 0 Å². The second kappa shape index (κ2) is 5.63. The van der Waals surface area contributed by atoms with Crippen LogP contribution in [0.2, 0.25) is 0 Å². The lowest BCUT2D eigenvalue weighted by Gasteiger charge is -2.27. The number of aryl methyl sites for hydroxylation is 1. The molecule has 1 heterocycles. The molecule has 1 atom stereocenters. The zero-order chi connectivity index (χ0) is 13.0. The molecular formula is C10H16F3NOS. The van der Waals surface area contributed by atoms with E-state index in [9.17, 15) is 18.3 Å². The van der Waals surface area contributed by atoms with Gasteiger partial charge in [0.1, 0.15) is 0 Å². The Balaban J connectivity index is 0.00000106. The SMILES string of the molecule is CC.CCC(O)(c1cnc(C)s1)C(F)(F)F. The van der Waals surface area contributed by atoms with Crippen LogP contribution in [0.25, 0.3) is 0 Å². The quantitative estimate of drug-likeness (QED) is 0.875. The van der Waals surface area contributed by atoms with Crippen molar-refractivity contribution in [2.75, 3.05) is 0 Å². The van der Waals surface area contributed by atoms with Gasteiger partial charge in [-0.25, -0.2) is 4.98 Å². The van der Waals surface area contributed by atoms with Crippen LogP contribution in [0.1, 0.15) is 37.1 Å². The molecule has 1 N–H and O–H groups in total. The summed E-state index contributed by atoms with van der Waals surface area (Å²) in [6.45, 7) is 6.89. The van der Waals surface area contributed by atoms with Crippen LogP contribution in [0, 0.1) is 6.92 Å². The van der Waals surface area contributed by atoms with E-state index < -0.39 is 18.2 Å². The molecule has 1 unspecified atom stereocenters. The highest BCUT2D eigenvalue weighted by Crippen LogP contribution is 2.43. The normalized spacial score (nSPS) is 15.0. The van der Waals surface area contributed by atoms with Crippen LogP contribution in [-0.2, 0) is 5.60 Å². The summed E-state index contributed by atoms with van der Waals surface area (Å²) >= 11 is 0.865. The summed E-state index contributed by atoms with van der Waals surface area (Å²) in [4.78, 5) is 3.55. The lowest BCUT2D eigenvalue weighted by molar-refractivity contribution is -0.266. The van der Waals surface area contributed by atoms with Crippen molar-refractivity contribution in [1.82, 2.24) is 4.98 Å². The van der Waals surface area contributed by atoms with Gasteiger partial charge >= 0.3 is 6.18 Å². The molecule has 1 aromatic heterocycles. The molecular weight excluding hydrogens is 239 g/mol. The summed E-state index contributed by atoms with van der Waals surface area (Å²) in [5.41, 5.74) is -2.75. The Morgan fingerprint density at radius 3 is 2.12 bits per heavy atom. The third kappa shape index (κ3) is 2.95. The van der Waals surface area contributed by atoms with Crippen molar-refractivity contribution in [3.8, 4) is 0 Å². The Morgan fingerprint density at radius 1 is 1.38 bits per heavy atom. The second-order valence-electron chi connectivity index (χ2n) is 2.96. The molecule has 0 aliphatic heterocycles. The Hall–Kier alpha value is -0.620. The average molecular weight is 255 g/mol. The molecule has 1 rings (SSSR count). The number of hydrogen-bond donors (Lipinski definition) is 1. The fourth-order valence-electron chi connectivity index (χ4n) is 1.07. The number of hydrogen-bond acceptors (Lipinski definition) is 3. The van der Waals surface area contributed by atoms with Crippen molar-refractivity contribution < 1.29 is 18.3 Å². The summed E-state index contributed by atoms with van der Waals surface area (Å²) in [6.07, 6.45) is -3.98. The first kappa shape index (κ1) is 15.4. The molecule has 6 heteroatoms. The molecule has 94 valence electrons. The molecule has 0 saturated heterocycles. The van der Waals surface area contributed by atoms with Gasteiger partial charge in [-0.05, 0) is 13.3 Å². The molecule has 0 aliphatic rings. The number of alkyl halides is 3. The Morgan fingerprint density at radius 2 is 1.88 bits per heavy atom. The summed E-state index contributed by atoms with van der Waals surface area (Å²) in [6, 6.07) is 0. The van der Waals surface area contributed by atoms with E-state index >= 15 is 0 Å². The smallest absolute Gasteiger partial charge is 0.376 e. The van der Waals surface area contributed by atoms with E-state index in [1.165, 1.54) is 6.92 Å². The van der Waals surface area contributed by atoms with Gasteiger partial charge in [0.2, 0.25) is 0 Å². The fraction of sp³-hybridized carbons (Fsp3) is 0.700. The minimum absolute atomic E-state index is 0.148. The zero-order valence-electron chi connectivity index (χ0n) is 9.72. The molecule has 16 heavy (non-hydrogen) atoms. The van der Waals surface area contributed by atoms with Crippen LogP contribution in [0.5, 0.6) is 0 Å². The Bertz CT molecular complexity index is 324. The zero-order valence-corrected chi connectivity index (χ0v) is 10.5. The predicted molar refractivity (Wildman–Crippen MR) is 58.4 cm³/mol. The van der Waals surface area contributed by atoms with E-state index in [-0.39, 0.29) is 4.88 Å². The van der Waals surface area contributed by atoms with Crippen molar-refractivity contribution in [2.45, 2.75) is 45.9 Å². The third-order valence-electron chi connectivity index (χ3n) is 2.01. The first-order valence-electron chi connectivity index (χ1n) is 5.03. The molecule has 1 aromatic rings. The molecule has 0 radical (unpaired) electrons. The van der Waals surface area contributed by atoms with Gasteiger partial charge in [-0.15, -0.1) is 11.3 Å². The maximum atomic E-state index is 12.5. The number of aliphatic hydroxyl groups is 1. The lowest BCUT2D eigenvalue weighted by atomic mass is 9.99. The van der Waals surface area contributed by atoms with Crippen LogP contribution in [0.4, 0.5) is 13.2 Å². The topological polar surface area (TPSA) is 33.1 Å². The summed E-state index contributed by atoms with van der Waals surface area (Å²) in [5, 5.41) is 10.00. The van der Waals surface area contributed by atoms with Gasteiger partial charge < -0.3 is 5.11 Å². The van der Waals surface area contributed by atoms with Gasteiger partial charge in [0.05, 0.1) is 9.88 Å². The Labute approximate surface area is 97.1 Å². The first-order chi connectivity index (χ1) is 7.31. The highest BCUT2D eigenvalue weighted by Gasteiger charge is 2.54. The number of aromatic nitrogens is 1. The van der Waals surface area contributed by atoms with Crippen LogP contribution >= 0.6 is 11.3 Å². The van der Waals surface area contributed by atoms with E-state index in [2.05, 4.69) is 4.98 Å². The lowest BCUT2D eigenvalue weighted by Crippen LogP contribution is -2.40. The predicted octanol–water partition coefficient (Wildman–Crippen LogP) is 3.64. The van der Waals surface area contributed by atoms with Gasteiger partial charge in [-0.1, -0.05) is 20.8 Å². The number of thiazole rings is 1. The highest BCUT2D eigenvalue weighted by atomic mass is 32.1. The average Bonchev–Trinajstić information content (AvgIpc) is 2.65. The standard InChI is InChI=1S/C8H10F3NOS.C2H6/c1-3-7(13,8(9,10)11)6-4-12-5(2)14-6;1-2/h4,13H,3H2,1-2H3;1-2H3.